The van der Waals surface area contributed by atoms with Crippen molar-refractivity contribution in [1.29, 1.82) is 0 Å². The first kappa shape index (κ1) is 16.2. The van der Waals surface area contributed by atoms with E-state index in [1.54, 1.807) is 30.3 Å². The van der Waals surface area contributed by atoms with Gasteiger partial charge in [-0.2, -0.15) is 22.0 Å². The van der Waals surface area contributed by atoms with Gasteiger partial charge in [-0.3, -0.25) is 0 Å². The molecular weight excluding hydrogens is 310 g/mol. The molecule has 1 atom stereocenters. The molecule has 0 aliphatic heterocycles. The van der Waals surface area contributed by atoms with Gasteiger partial charge < -0.3 is 4.74 Å². The molecule has 0 N–H and O–H groups in total. The first-order valence-electron chi connectivity index (χ1n) is 6.13. The van der Waals surface area contributed by atoms with Crippen LogP contribution in [0.5, 0.6) is 5.75 Å². The SMILES string of the molecule is FC(C(F)(F)F)C(F)(F)Oc1ccc(-c2ccccc2)cc1. The van der Waals surface area contributed by atoms with E-state index in [4.69, 9.17) is 0 Å². The Kier molecular flexibility index (Phi) is 4.35. The molecule has 0 saturated heterocycles. The predicted octanol–water partition coefficient (Wildman–Crippen LogP) is 5.23. The second-order valence-corrected chi connectivity index (χ2v) is 4.46. The zero-order chi connectivity index (χ0) is 16.4. The Bertz CT molecular complexity index is 606. The molecule has 0 amide bonds. The summed E-state index contributed by atoms with van der Waals surface area (Å²) in [5, 5.41) is 0. The van der Waals surface area contributed by atoms with Gasteiger partial charge in [-0.25, -0.2) is 4.39 Å². The fourth-order valence-electron chi connectivity index (χ4n) is 1.75. The molecule has 22 heavy (non-hydrogen) atoms. The van der Waals surface area contributed by atoms with E-state index in [-0.39, 0.29) is 0 Å². The minimum absolute atomic E-state index is 0.559. The van der Waals surface area contributed by atoms with E-state index < -0.39 is 24.2 Å². The number of hydrogen-bond donors (Lipinski definition) is 0. The van der Waals surface area contributed by atoms with Gasteiger partial charge in [0.1, 0.15) is 5.75 Å². The van der Waals surface area contributed by atoms with Crippen LogP contribution >= 0.6 is 0 Å². The van der Waals surface area contributed by atoms with Crippen molar-refractivity contribution in [1.82, 2.24) is 0 Å². The summed E-state index contributed by atoms with van der Waals surface area (Å²) in [6.45, 7) is 0. The number of hydrogen-bond acceptors (Lipinski definition) is 1. The monoisotopic (exact) mass is 320 g/mol. The maximum Gasteiger partial charge on any atom is 0.439 e. The van der Waals surface area contributed by atoms with Gasteiger partial charge in [-0.1, -0.05) is 42.5 Å². The van der Waals surface area contributed by atoms with Crippen LogP contribution in [-0.2, 0) is 0 Å². The number of benzene rings is 2. The second-order valence-electron chi connectivity index (χ2n) is 4.46. The maximum absolute atomic E-state index is 13.1. The molecular formula is C15H10F6O. The largest absolute Gasteiger partial charge is 0.439 e. The Morgan fingerprint density at radius 3 is 1.73 bits per heavy atom. The topological polar surface area (TPSA) is 9.23 Å². The van der Waals surface area contributed by atoms with E-state index in [1.807, 2.05) is 0 Å². The van der Waals surface area contributed by atoms with Gasteiger partial charge >= 0.3 is 12.3 Å². The lowest BCUT2D eigenvalue weighted by Gasteiger charge is -2.23. The van der Waals surface area contributed by atoms with Crippen LogP contribution in [0.4, 0.5) is 26.3 Å². The molecule has 1 nitrogen and oxygen atoms in total. The lowest BCUT2D eigenvalue weighted by Crippen LogP contribution is -2.45. The Balaban J connectivity index is 2.15. The molecule has 0 aliphatic carbocycles. The van der Waals surface area contributed by atoms with Gasteiger partial charge in [0.15, 0.2) is 0 Å². The summed E-state index contributed by atoms with van der Waals surface area (Å²) in [6.07, 6.45) is -15.1. The van der Waals surface area contributed by atoms with Gasteiger partial charge in [-0.05, 0) is 23.3 Å². The average molecular weight is 320 g/mol. The van der Waals surface area contributed by atoms with Crippen LogP contribution < -0.4 is 4.74 Å². The highest BCUT2D eigenvalue weighted by molar-refractivity contribution is 5.63. The number of rotatable bonds is 4. The van der Waals surface area contributed by atoms with Crippen LogP contribution in [0.25, 0.3) is 11.1 Å². The average Bonchev–Trinajstić information content (AvgIpc) is 2.47. The van der Waals surface area contributed by atoms with Crippen molar-refractivity contribution in [3.8, 4) is 16.9 Å². The Hall–Kier alpha value is -2.18. The minimum atomic E-state index is -5.70. The molecule has 0 bridgehead atoms. The van der Waals surface area contributed by atoms with E-state index >= 15 is 0 Å². The molecule has 2 aromatic rings. The Morgan fingerprint density at radius 1 is 0.727 bits per heavy atom. The standard InChI is InChI=1S/C15H10F6O/c16-13(14(17,18)19)15(20,21)22-12-8-6-11(7-9-12)10-4-2-1-3-5-10/h1-9,13H. The van der Waals surface area contributed by atoms with E-state index in [0.717, 1.165) is 17.7 Å². The predicted molar refractivity (Wildman–Crippen MR) is 68.4 cm³/mol. The lowest BCUT2D eigenvalue weighted by atomic mass is 10.1. The summed E-state index contributed by atoms with van der Waals surface area (Å²) in [7, 11) is 0. The molecule has 0 aliphatic rings. The quantitative estimate of drug-likeness (QED) is 0.701. The van der Waals surface area contributed by atoms with Crippen LogP contribution in [0, 0.1) is 0 Å². The highest BCUT2D eigenvalue weighted by Crippen LogP contribution is 2.36. The molecule has 1 unspecified atom stereocenters. The smallest absolute Gasteiger partial charge is 0.430 e. The molecule has 0 heterocycles. The third-order valence-corrected chi connectivity index (χ3v) is 2.80. The van der Waals surface area contributed by atoms with Gasteiger partial charge in [0, 0.05) is 0 Å². The lowest BCUT2D eigenvalue weighted by molar-refractivity contribution is -0.304. The molecule has 0 aromatic heterocycles. The summed E-state index contributed by atoms with van der Waals surface area (Å²) >= 11 is 0. The zero-order valence-corrected chi connectivity index (χ0v) is 10.9. The molecule has 0 spiro atoms. The molecule has 0 saturated carbocycles. The van der Waals surface area contributed by atoms with E-state index in [9.17, 15) is 26.3 Å². The summed E-state index contributed by atoms with van der Waals surface area (Å²) in [6, 6.07) is 13.8. The molecule has 2 aromatic carbocycles. The molecule has 0 radical (unpaired) electrons. The summed E-state index contributed by atoms with van der Waals surface area (Å²) in [5.74, 6) is -0.559. The van der Waals surface area contributed by atoms with Crippen LogP contribution in [0.3, 0.4) is 0 Å². The van der Waals surface area contributed by atoms with Gasteiger partial charge in [-0.15, -0.1) is 0 Å². The maximum atomic E-state index is 13.1. The summed E-state index contributed by atoms with van der Waals surface area (Å²) in [4.78, 5) is 0. The highest BCUT2D eigenvalue weighted by atomic mass is 19.4. The van der Waals surface area contributed by atoms with Gasteiger partial charge in [0.2, 0.25) is 0 Å². The molecule has 118 valence electrons. The van der Waals surface area contributed by atoms with Crippen molar-refractivity contribution >= 4 is 0 Å². The van der Waals surface area contributed by atoms with E-state index in [2.05, 4.69) is 4.74 Å². The fraction of sp³-hybridized carbons (Fsp3) is 0.200. The third-order valence-electron chi connectivity index (χ3n) is 2.80. The van der Waals surface area contributed by atoms with Gasteiger partial charge in [0.05, 0.1) is 0 Å². The summed E-state index contributed by atoms with van der Waals surface area (Å²) < 4.78 is 78.8. The van der Waals surface area contributed by atoms with Gasteiger partial charge in [0.25, 0.3) is 6.17 Å². The number of alkyl halides is 6. The Labute approximate surface area is 122 Å². The first-order chi connectivity index (χ1) is 10.2. The highest BCUT2D eigenvalue weighted by Gasteiger charge is 2.59. The van der Waals surface area contributed by atoms with Crippen molar-refractivity contribution in [2.75, 3.05) is 0 Å². The van der Waals surface area contributed by atoms with Crippen molar-refractivity contribution in [2.45, 2.75) is 18.5 Å². The molecule has 7 heteroatoms. The molecule has 2 rings (SSSR count). The fourth-order valence-corrected chi connectivity index (χ4v) is 1.75. The third kappa shape index (κ3) is 3.72. The molecule has 0 fully saturated rings. The summed E-state index contributed by atoms with van der Waals surface area (Å²) in [5.41, 5.74) is 1.45. The number of halogens is 6. The van der Waals surface area contributed by atoms with Crippen molar-refractivity contribution in [2.24, 2.45) is 0 Å². The van der Waals surface area contributed by atoms with Crippen molar-refractivity contribution < 1.29 is 31.1 Å². The second kappa shape index (κ2) is 5.90. The first-order valence-corrected chi connectivity index (χ1v) is 6.13. The number of ether oxygens (including phenoxy) is 1. The van der Waals surface area contributed by atoms with Crippen LogP contribution in [-0.4, -0.2) is 18.5 Å². The van der Waals surface area contributed by atoms with Crippen molar-refractivity contribution in [3.63, 3.8) is 0 Å². The Morgan fingerprint density at radius 2 is 1.23 bits per heavy atom. The van der Waals surface area contributed by atoms with Crippen LogP contribution in [0.15, 0.2) is 54.6 Å². The van der Waals surface area contributed by atoms with Crippen molar-refractivity contribution in [3.05, 3.63) is 54.6 Å². The normalized spacial score (nSPS) is 13.7. The van der Waals surface area contributed by atoms with Crippen LogP contribution in [0.2, 0.25) is 0 Å². The van der Waals surface area contributed by atoms with E-state index in [0.29, 0.717) is 5.56 Å². The minimum Gasteiger partial charge on any atom is -0.430 e. The van der Waals surface area contributed by atoms with E-state index in [1.165, 1.54) is 12.1 Å². The zero-order valence-electron chi connectivity index (χ0n) is 10.9. The van der Waals surface area contributed by atoms with Crippen LogP contribution in [0.1, 0.15) is 0 Å².